The molecule has 2 aromatic carbocycles. The number of carbonyl (C=O) groups excluding carboxylic acids is 1. The number of nitrogens with one attached hydrogen (secondary N) is 1. The van der Waals surface area contributed by atoms with Crippen molar-refractivity contribution in [1.82, 2.24) is 20.0 Å². The molecule has 0 aliphatic carbocycles. The van der Waals surface area contributed by atoms with E-state index in [2.05, 4.69) is 24.1 Å². The molecule has 0 bridgehead atoms. The molecular weight excluding hydrogens is 543 g/mol. The maximum atomic E-state index is 14.2. The number of carbonyl (C=O) groups is 1. The summed E-state index contributed by atoms with van der Waals surface area (Å²) in [6.45, 7) is 7.17. The van der Waals surface area contributed by atoms with E-state index in [-0.39, 0.29) is 36.5 Å². The Labute approximate surface area is 230 Å². The Hall–Kier alpha value is -1.91. The summed E-state index contributed by atoms with van der Waals surface area (Å²) in [7, 11) is 1.83. The van der Waals surface area contributed by atoms with Crippen LogP contribution in [0.1, 0.15) is 36.5 Å². The number of halogens is 6. The molecule has 1 N–H and O–H groups in total. The van der Waals surface area contributed by atoms with Gasteiger partial charge in [-0.05, 0) is 56.3 Å². The molecule has 11 heteroatoms. The third-order valence-corrected chi connectivity index (χ3v) is 8.08. The predicted molar refractivity (Wildman–Crippen MR) is 141 cm³/mol. The largest absolute Gasteiger partial charge is 0.419 e. The van der Waals surface area contributed by atoms with E-state index in [1.165, 1.54) is 6.07 Å². The van der Waals surface area contributed by atoms with Gasteiger partial charge < -0.3 is 10.2 Å². The maximum Gasteiger partial charge on any atom is 0.419 e. The van der Waals surface area contributed by atoms with Crippen molar-refractivity contribution in [3.63, 3.8) is 0 Å². The second kappa shape index (κ2) is 11.7. The van der Waals surface area contributed by atoms with Crippen LogP contribution in [0.15, 0.2) is 36.4 Å². The van der Waals surface area contributed by atoms with Gasteiger partial charge in [0.15, 0.2) is 0 Å². The molecule has 0 saturated carbocycles. The van der Waals surface area contributed by atoms with E-state index in [1.807, 2.05) is 22.9 Å². The number of likely N-dealkylation sites (tertiary alicyclic amines) is 1. The summed E-state index contributed by atoms with van der Waals surface area (Å²) >= 11 is 12.4. The summed E-state index contributed by atoms with van der Waals surface area (Å²) in [5.74, 6) is -1.39. The summed E-state index contributed by atoms with van der Waals surface area (Å²) in [5.41, 5.74) is 0.0424. The number of piperazine rings is 1. The molecule has 2 aromatic rings. The summed E-state index contributed by atoms with van der Waals surface area (Å²) in [6, 6.07) is 8.80. The van der Waals surface area contributed by atoms with Crippen LogP contribution in [0.5, 0.6) is 0 Å². The van der Waals surface area contributed by atoms with E-state index < -0.39 is 17.6 Å². The van der Waals surface area contributed by atoms with Gasteiger partial charge in [-0.1, -0.05) is 35.3 Å². The van der Waals surface area contributed by atoms with Crippen LogP contribution in [-0.2, 0) is 17.5 Å². The third-order valence-electron chi connectivity index (χ3n) is 7.34. The summed E-state index contributed by atoms with van der Waals surface area (Å²) in [6.07, 6.45) is -4.75. The molecule has 1 amide bonds. The molecule has 2 fully saturated rings. The average molecular weight is 575 g/mol. The van der Waals surface area contributed by atoms with E-state index in [4.69, 9.17) is 23.2 Å². The van der Waals surface area contributed by atoms with Crippen LogP contribution in [0.25, 0.3) is 0 Å². The van der Waals surface area contributed by atoms with Crippen LogP contribution in [-0.4, -0.2) is 78.5 Å². The standard InChI is InChI=1S/C27H32Cl2F4N4O/c1-16-10-36(11-17(2)34-16)15-26(38)37-13-20(19-5-7-22(28)23(29)9-19)25(14-37)35(3)12-18-4-6-21(24(30)8-18)27(31,32)33/h4-9,16-17,20,25,34H,10-15H2,1-3H3/t16?,17?,20-,25+/m1/s1. The number of nitrogens with zero attached hydrogens (tertiary/aromatic N) is 3. The number of likely N-dealkylation sites (N-methyl/N-ethyl adjacent to an activating group) is 1. The van der Waals surface area contributed by atoms with Gasteiger partial charge in [0.25, 0.3) is 0 Å². The first-order chi connectivity index (χ1) is 17.8. The highest BCUT2D eigenvalue weighted by atomic mass is 35.5. The molecule has 4 atom stereocenters. The fourth-order valence-corrected chi connectivity index (χ4v) is 5.97. The van der Waals surface area contributed by atoms with Gasteiger partial charge in [-0.2, -0.15) is 13.2 Å². The van der Waals surface area contributed by atoms with Gasteiger partial charge in [0.2, 0.25) is 5.91 Å². The normalized spacial score (nSPS) is 24.8. The molecule has 5 nitrogen and oxygen atoms in total. The molecule has 0 spiro atoms. The molecule has 208 valence electrons. The molecule has 2 aliphatic rings. The van der Waals surface area contributed by atoms with Crippen LogP contribution in [0, 0.1) is 5.82 Å². The molecule has 2 unspecified atom stereocenters. The van der Waals surface area contributed by atoms with Gasteiger partial charge in [-0.15, -0.1) is 0 Å². The molecule has 0 radical (unpaired) electrons. The van der Waals surface area contributed by atoms with Crippen molar-refractivity contribution in [2.24, 2.45) is 0 Å². The summed E-state index contributed by atoms with van der Waals surface area (Å²) in [5, 5.41) is 4.30. The van der Waals surface area contributed by atoms with E-state index in [9.17, 15) is 22.4 Å². The molecule has 2 heterocycles. The fourth-order valence-electron chi connectivity index (χ4n) is 5.66. The monoisotopic (exact) mass is 574 g/mol. The zero-order valence-electron chi connectivity index (χ0n) is 21.5. The molecule has 38 heavy (non-hydrogen) atoms. The van der Waals surface area contributed by atoms with Gasteiger partial charge >= 0.3 is 6.18 Å². The SMILES string of the molecule is CC1CN(CC(=O)N2C[C@H](c3ccc(Cl)c(Cl)c3)[C@@H](N(C)Cc3ccc(C(F)(F)F)c(F)c3)C2)CC(C)N1. The average Bonchev–Trinajstić information content (AvgIpc) is 3.25. The van der Waals surface area contributed by atoms with Crippen molar-refractivity contribution in [3.05, 3.63) is 69.0 Å². The topological polar surface area (TPSA) is 38.8 Å². The minimum atomic E-state index is -4.75. The number of benzene rings is 2. The van der Waals surface area contributed by atoms with Gasteiger partial charge in [-0.3, -0.25) is 14.6 Å². The third kappa shape index (κ3) is 6.80. The van der Waals surface area contributed by atoms with Crippen molar-refractivity contribution in [1.29, 1.82) is 0 Å². The van der Waals surface area contributed by atoms with E-state index in [1.54, 1.807) is 12.1 Å². The Morgan fingerprint density at radius 3 is 2.32 bits per heavy atom. The Morgan fingerprint density at radius 2 is 1.71 bits per heavy atom. The fraction of sp³-hybridized carbons (Fsp3) is 0.519. The van der Waals surface area contributed by atoms with Crippen LogP contribution in [0.2, 0.25) is 10.0 Å². The lowest BCUT2D eigenvalue weighted by Crippen LogP contribution is -2.56. The highest BCUT2D eigenvalue weighted by Gasteiger charge is 2.39. The van der Waals surface area contributed by atoms with Crippen molar-refractivity contribution in [2.75, 3.05) is 39.8 Å². The Morgan fingerprint density at radius 1 is 1.03 bits per heavy atom. The van der Waals surface area contributed by atoms with Crippen molar-refractivity contribution in [3.8, 4) is 0 Å². The minimum absolute atomic E-state index is 0.0211. The lowest BCUT2D eigenvalue weighted by molar-refractivity contribution is -0.140. The summed E-state index contributed by atoms with van der Waals surface area (Å²) < 4.78 is 53.2. The highest BCUT2D eigenvalue weighted by Crippen LogP contribution is 2.36. The van der Waals surface area contributed by atoms with Crippen LogP contribution < -0.4 is 5.32 Å². The second-order valence-electron chi connectivity index (χ2n) is 10.5. The second-order valence-corrected chi connectivity index (χ2v) is 11.4. The van der Waals surface area contributed by atoms with Crippen molar-refractivity contribution in [2.45, 2.75) is 50.6 Å². The predicted octanol–water partition coefficient (Wildman–Crippen LogP) is 5.26. The first-order valence-corrected chi connectivity index (χ1v) is 13.3. The summed E-state index contributed by atoms with van der Waals surface area (Å²) in [4.78, 5) is 19.3. The molecule has 0 aromatic heterocycles. The number of hydrogen-bond donors (Lipinski definition) is 1. The van der Waals surface area contributed by atoms with Gasteiger partial charge in [-0.25, -0.2) is 4.39 Å². The Bertz CT molecular complexity index is 1150. The van der Waals surface area contributed by atoms with Crippen LogP contribution in [0.4, 0.5) is 17.6 Å². The Kier molecular flexibility index (Phi) is 8.94. The van der Waals surface area contributed by atoms with E-state index in [0.29, 0.717) is 35.2 Å². The lowest BCUT2D eigenvalue weighted by Gasteiger charge is -2.36. The van der Waals surface area contributed by atoms with Gasteiger partial charge in [0.1, 0.15) is 5.82 Å². The minimum Gasteiger partial charge on any atom is -0.339 e. The smallest absolute Gasteiger partial charge is 0.339 e. The molecule has 2 saturated heterocycles. The van der Waals surface area contributed by atoms with Crippen LogP contribution in [0.3, 0.4) is 0 Å². The molecule has 2 aliphatic heterocycles. The number of alkyl halides is 3. The van der Waals surface area contributed by atoms with Crippen molar-refractivity contribution < 1.29 is 22.4 Å². The number of rotatable bonds is 6. The first-order valence-electron chi connectivity index (χ1n) is 12.6. The highest BCUT2D eigenvalue weighted by molar-refractivity contribution is 6.42. The van der Waals surface area contributed by atoms with E-state index >= 15 is 0 Å². The zero-order chi connectivity index (χ0) is 27.8. The van der Waals surface area contributed by atoms with E-state index in [0.717, 1.165) is 30.8 Å². The quantitative estimate of drug-likeness (QED) is 0.478. The first kappa shape index (κ1) is 29.1. The van der Waals surface area contributed by atoms with Gasteiger partial charge in [0.05, 0.1) is 22.2 Å². The number of hydrogen-bond acceptors (Lipinski definition) is 4. The van der Waals surface area contributed by atoms with Gasteiger partial charge in [0, 0.05) is 56.8 Å². The molecule has 4 rings (SSSR count). The zero-order valence-corrected chi connectivity index (χ0v) is 23.0. The van der Waals surface area contributed by atoms with Crippen molar-refractivity contribution >= 4 is 29.1 Å². The molecular formula is C27H32Cl2F4N4O. The number of amides is 1. The lowest BCUT2D eigenvalue weighted by atomic mass is 9.93. The Balaban J connectivity index is 1.53. The van der Waals surface area contributed by atoms with Crippen LogP contribution >= 0.6 is 23.2 Å². The maximum absolute atomic E-state index is 14.2.